The molecule has 280 valence electrons. The van der Waals surface area contributed by atoms with Crippen LogP contribution in [0.2, 0.25) is 0 Å². The molecule has 2 saturated heterocycles. The first-order valence-corrected chi connectivity index (χ1v) is 18.7. The van der Waals surface area contributed by atoms with Crippen molar-refractivity contribution in [3.05, 3.63) is 62.7 Å². The summed E-state index contributed by atoms with van der Waals surface area (Å²) in [6.45, 7) is 5.23. The molecule has 4 bridgehead atoms. The first-order chi connectivity index (χ1) is 25.5. The van der Waals surface area contributed by atoms with Crippen LogP contribution in [0.4, 0.5) is 0 Å². The van der Waals surface area contributed by atoms with Crippen LogP contribution >= 0.6 is 11.8 Å². The third-order valence-corrected chi connectivity index (χ3v) is 13.2. The summed E-state index contributed by atoms with van der Waals surface area (Å²) >= 11 is 1.45. The first-order valence-electron chi connectivity index (χ1n) is 17.7. The summed E-state index contributed by atoms with van der Waals surface area (Å²) < 4.78 is 35.8. The van der Waals surface area contributed by atoms with Crippen molar-refractivity contribution in [3.63, 3.8) is 0 Å². The molecule has 10 rings (SSSR count). The number of carbonyl (C=O) groups excluding carboxylic acids is 2. The second kappa shape index (κ2) is 12.3. The maximum Gasteiger partial charge on any atom is 0.331 e. The quantitative estimate of drug-likeness (QED) is 0.195. The number of nitrogens with one attached hydrogen (secondary N) is 2. The fraction of sp³-hybridized carbons (Fsp3) is 0.474. The predicted octanol–water partition coefficient (Wildman–Crippen LogP) is 3.07. The van der Waals surface area contributed by atoms with Gasteiger partial charge in [-0.1, -0.05) is 6.07 Å². The zero-order chi connectivity index (χ0) is 37.1. The molecule has 7 aliphatic heterocycles. The highest BCUT2D eigenvalue weighted by atomic mass is 32.2. The number of thioether (sulfide) groups is 1. The summed E-state index contributed by atoms with van der Waals surface area (Å²) in [5.41, 5.74) is 4.27. The van der Waals surface area contributed by atoms with Crippen LogP contribution in [0.25, 0.3) is 0 Å². The molecule has 7 heterocycles. The number of fused-ring (bicyclic) bond motifs is 9. The molecule has 15 heteroatoms. The van der Waals surface area contributed by atoms with Gasteiger partial charge in [-0.15, -0.1) is 11.8 Å². The van der Waals surface area contributed by atoms with Crippen LogP contribution in [0.5, 0.6) is 40.2 Å². The molecular weight excluding hydrogens is 706 g/mol. The Labute approximate surface area is 309 Å². The molecule has 7 atom stereocenters. The Balaban J connectivity index is 1.31. The number of aliphatic hydroxyl groups excluding tert-OH is 1. The number of piperazine rings is 1. The van der Waals surface area contributed by atoms with E-state index in [0.717, 1.165) is 16.7 Å². The van der Waals surface area contributed by atoms with Gasteiger partial charge in [0.2, 0.25) is 6.79 Å². The number of aromatic hydroxyl groups is 2. The Bertz CT molecular complexity index is 2090. The van der Waals surface area contributed by atoms with Gasteiger partial charge < -0.3 is 49.1 Å². The van der Waals surface area contributed by atoms with Crippen molar-refractivity contribution in [2.24, 2.45) is 0 Å². The van der Waals surface area contributed by atoms with Crippen molar-refractivity contribution >= 4 is 23.7 Å². The van der Waals surface area contributed by atoms with Crippen LogP contribution in [0, 0.1) is 13.8 Å². The third-order valence-electron chi connectivity index (χ3n) is 11.8. The number of esters is 2. The number of methoxy groups -OCH3 is 2. The zero-order valence-electron chi connectivity index (χ0n) is 29.9. The predicted molar refractivity (Wildman–Crippen MR) is 190 cm³/mol. The first kappa shape index (κ1) is 34.4. The lowest BCUT2D eigenvalue weighted by atomic mass is 9.74. The van der Waals surface area contributed by atoms with Crippen molar-refractivity contribution in [2.45, 2.75) is 74.8 Å². The number of hydrogen-bond donors (Lipinski definition) is 5. The summed E-state index contributed by atoms with van der Waals surface area (Å²) in [6, 6.07) is 2.99. The largest absolute Gasteiger partial charge is 0.504 e. The molecule has 3 aromatic carbocycles. The number of nitrogens with zero attached hydrogens (tertiary/aromatic N) is 1. The molecule has 0 radical (unpaired) electrons. The fourth-order valence-electron chi connectivity index (χ4n) is 9.60. The number of aryl methyl sites for hydroxylation is 1. The van der Waals surface area contributed by atoms with Gasteiger partial charge >= 0.3 is 11.9 Å². The highest BCUT2D eigenvalue weighted by molar-refractivity contribution is 7.99. The highest BCUT2D eigenvalue weighted by Crippen LogP contribution is 2.63. The zero-order valence-corrected chi connectivity index (χ0v) is 30.7. The molecule has 0 saturated carbocycles. The Morgan fingerprint density at radius 1 is 1.02 bits per heavy atom. The number of rotatable bonds is 3. The van der Waals surface area contributed by atoms with E-state index in [0.29, 0.717) is 70.2 Å². The number of hydrogen-bond acceptors (Lipinski definition) is 15. The van der Waals surface area contributed by atoms with E-state index < -0.39 is 53.1 Å². The third kappa shape index (κ3) is 4.80. The topological polar surface area (TPSA) is 178 Å². The number of benzene rings is 3. The molecule has 0 amide bonds. The molecule has 1 spiro atoms. The SMILES string of the molecule is COc1cc2c(cc1O)CCN[C@@]21CS[C@H]2c3c(OC(C)=O)c(C)c4c(c3[C@H](COC1=O)N1[C@@H]2[C@@H]2N[C@@H](Cc3cc(C)c(OC)c(O)c32)[C@@H]1O)OCO4. The number of phenolic OH excluding ortho intramolecular Hbond substituents is 2. The molecule has 0 aromatic heterocycles. The standard InChI is InChI=1S/C38H41N3O11S/c1-15-8-19-9-21-36(45)41-22-12-49-37(46)38(20-11-24(47-4)23(43)10-18(20)6-7-39-38)13-53-35(29(41)28(40-21)25(19)30(44)31(15)48-5)27-26(22)34-33(50-14-51-34)16(2)32(27)52-17(3)42/h8,10-11,21-22,28-29,35-36,39-40,43-45H,6-7,9,12-14H2,1-5H3/t21-,22-,28+,29+,35-,36-,38-/m0/s1. The monoisotopic (exact) mass is 747 g/mol. The Kier molecular flexibility index (Phi) is 7.98. The number of carbonyl (C=O) groups is 2. The van der Waals surface area contributed by atoms with E-state index in [9.17, 15) is 24.9 Å². The van der Waals surface area contributed by atoms with Gasteiger partial charge in [-0.3, -0.25) is 15.0 Å². The van der Waals surface area contributed by atoms with E-state index in [-0.39, 0.29) is 36.4 Å². The lowest BCUT2D eigenvalue weighted by Gasteiger charge is -2.59. The van der Waals surface area contributed by atoms with Crippen molar-refractivity contribution in [3.8, 4) is 40.2 Å². The van der Waals surface area contributed by atoms with Crippen molar-refractivity contribution in [1.82, 2.24) is 15.5 Å². The summed E-state index contributed by atoms with van der Waals surface area (Å²) in [6.07, 6.45) is -0.0673. The van der Waals surface area contributed by atoms with Gasteiger partial charge in [0.25, 0.3) is 0 Å². The van der Waals surface area contributed by atoms with Crippen LogP contribution in [0.3, 0.4) is 0 Å². The molecule has 14 nitrogen and oxygen atoms in total. The van der Waals surface area contributed by atoms with Crippen LogP contribution in [0.15, 0.2) is 18.2 Å². The maximum atomic E-state index is 14.6. The van der Waals surface area contributed by atoms with Gasteiger partial charge in [0.05, 0.1) is 37.6 Å². The Hall–Kier alpha value is -4.41. The van der Waals surface area contributed by atoms with Gasteiger partial charge in [-0.2, -0.15) is 0 Å². The molecule has 0 unspecified atom stereocenters. The van der Waals surface area contributed by atoms with Gasteiger partial charge in [-0.25, -0.2) is 4.79 Å². The van der Waals surface area contributed by atoms with Crippen LogP contribution in [-0.2, 0) is 32.7 Å². The molecule has 0 aliphatic carbocycles. The second-order valence-corrected chi connectivity index (χ2v) is 15.6. The van der Waals surface area contributed by atoms with E-state index in [1.165, 1.54) is 32.9 Å². The van der Waals surface area contributed by atoms with E-state index in [4.69, 9.17) is 28.4 Å². The summed E-state index contributed by atoms with van der Waals surface area (Å²) in [4.78, 5) is 29.4. The summed E-state index contributed by atoms with van der Waals surface area (Å²) in [7, 11) is 2.98. The van der Waals surface area contributed by atoms with E-state index in [2.05, 4.69) is 10.6 Å². The Morgan fingerprint density at radius 2 is 1.81 bits per heavy atom. The van der Waals surface area contributed by atoms with Gasteiger partial charge in [0.15, 0.2) is 40.0 Å². The minimum atomic E-state index is -1.36. The van der Waals surface area contributed by atoms with Crippen molar-refractivity contribution in [1.29, 1.82) is 0 Å². The van der Waals surface area contributed by atoms with Crippen LogP contribution < -0.4 is 34.3 Å². The van der Waals surface area contributed by atoms with Crippen molar-refractivity contribution in [2.75, 3.05) is 39.9 Å². The minimum absolute atomic E-state index is 0.0210. The normalized spacial score (nSPS) is 29.4. The number of phenols is 2. The number of aliphatic hydroxyl groups is 1. The fourth-order valence-corrected chi connectivity index (χ4v) is 11.3. The highest BCUT2D eigenvalue weighted by Gasteiger charge is 2.60. The smallest absolute Gasteiger partial charge is 0.331 e. The molecule has 5 N–H and O–H groups in total. The van der Waals surface area contributed by atoms with Crippen LogP contribution in [0.1, 0.15) is 68.8 Å². The van der Waals surface area contributed by atoms with Crippen LogP contribution in [-0.4, -0.2) is 90.4 Å². The lowest BCUT2D eigenvalue weighted by molar-refractivity contribution is -0.164. The second-order valence-electron chi connectivity index (χ2n) is 14.5. The Morgan fingerprint density at radius 3 is 2.57 bits per heavy atom. The lowest BCUT2D eigenvalue weighted by Crippen LogP contribution is -2.69. The van der Waals surface area contributed by atoms with Gasteiger partial charge in [-0.05, 0) is 61.1 Å². The molecular formula is C38H41N3O11S. The molecule has 3 aromatic rings. The van der Waals surface area contributed by atoms with E-state index in [1.807, 2.05) is 24.8 Å². The number of ether oxygens (including phenoxy) is 6. The minimum Gasteiger partial charge on any atom is -0.504 e. The van der Waals surface area contributed by atoms with Gasteiger partial charge in [0.1, 0.15) is 18.6 Å². The average Bonchev–Trinajstić information content (AvgIpc) is 3.63. The molecule has 7 aliphatic rings. The summed E-state index contributed by atoms with van der Waals surface area (Å²) in [5, 5.41) is 41.5. The van der Waals surface area contributed by atoms with E-state index in [1.54, 1.807) is 12.1 Å². The molecule has 53 heavy (non-hydrogen) atoms. The molecule has 2 fully saturated rings. The average molecular weight is 748 g/mol. The maximum absolute atomic E-state index is 14.6. The van der Waals surface area contributed by atoms with Gasteiger partial charge in [0, 0.05) is 47.5 Å². The summed E-state index contributed by atoms with van der Waals surface area (Å²) in [5.74, 6) is 0.890. The van der Waals surface area contributed by atoms with Crippen molar-refractivity contribution < 1.29 is 53.3 Å². The van der Waals surface area contributed by atoms with E-state index >= 15 is 0 Å².